The molecular formula is C19H22N6O2. The van der Waals surface area contributed by atoms with Gasteiger partial charge in [0.1, 0.15) is 12.4 Å². The molecule has 0 aliphatic carbocycles. The Bertz CT molecular complexity index is 930. The highest BCUT2D eigenvalue weighted by Crippen LogP contribution is 2.23. The van der Waals surface area contributed by atoms with Crippen LogP contribution in [0.15, 0.2) is 49.1 Å². The van der Waals surface area contributed by atoms with Gasteiger partial charge in [-0.25, -0.2) is 0 Å². The fourth-order valence-electron chi connectivity index (χ4n) is 2.93. The van der Waals surface area contributed by atoms with E-state index in [4.69, 9.17) is 4.74 Å². The number of benzene rings is 1. The lowest BCUT2D eigenvalue weighted by molar-refractivity contribution is 0.102. The van der Waals surface area contributed by atoms with Gasteiger partial charge in [-0.15, -0.1) is 0 Å². The van der Waals surface area contributed by atoms with E-state index in [1.807, 2.05) is 48.4 Å². The molecule has 0 spiro atoms. The minimum absolute atomic E-state index is 0.180. The molecule has 1 aliphatic heterocycles. The summed E-state index contributed by atoms with van der Waals surface area (Å²) in [5.74, 6) is 0.614. The molecule has 3 heterocycles. The summed E-state index contributed by atoms with van der Waals surface area (Å²) in [5, 5.41) is 11.0. The molecule has 1 aromatic carbocycles. The second-order valence-electron chi connectivity index (χ2n) is 6.80. The molecule has 1 N–H and O–H groups in total. The van der Waals surface area contributed by atoms with E-state index >= 15 is 0 Å². The largest absolute Gasteiger partial charge is 0.492 e. The molecule has 140 valence electrons. The van der Waals surface area contributed by atoms with E-state index in [0.29, 0.717) is 18.2 Å². The number of carbonyl (C=O) groups excluding carboxylic acids is 1. The quantitative estimate of drug-likeness (QED) is 0.644. The highest BCUT2D eigenvalue weighted by Gasteiger charge is 2.34. The molecule has 1 fully saturated rings. The van der Waals surface area contributed by atoms with Gasteiger partial charge in [-0.1, -0.05) is 0 Å². The van der Waals surface area contributed by atoms with Crippen molar-refractivity contribution in [2.24, 2.45) is 14.1 Å². The maximum atomic E-state index is 12.1. The van der Waals surface area contributed by atoms with Gasteiger partial charge in [0.15, 0.2) is 0 Å². The van der Waals surface area contributed by atoms with E-state index in [9.17, 15) is 4.79 Å². The summed E-state index contributed by atoms with van der Waals surface area (Å²) >= 11 is 0. The number of aryl methyl sites for hydroxylation is 2. The van der Waals surface area contributed by atoms with E-state index in [1.165, 1.54) is 5.56 Å². The summed E-state index contributed by atoms with van der Waals surface area (Å²) in [7, 11) is 3.70. The first-order chi connectivity index (χ1) is 13.1. The molecule has 2 unspecified atom stereocenters. The minimum Gasteiger partial charge on any atom is -0.492 e. The first-order valence-corrected chi connectivity index (χ1v) is 8.81. The first kappa shape index (κ1) is 17.3. The average Bonchev–Trinajstić information content (AvgIpc) is 3.01. The van der Waals surface area contributed by atoms with Crippen LogP contribution in [0.1, 0.15) is 15.9 Å². The van der Waals surface area contributed by atoms with Crippen molar-refractivity contribution in [3.8, 4) is 5.75 Å². The van der Waals surface area contributed by atoms with E-state index in [1.54, 1.807) is 24.1 Å². The minimum atomic E-state index is -0.180. The van der Waals surface area contributed by atoms with Crippen molar-refractivity contribution < 1.29 is 9.53 Å². The standard InChI is InChI=1S/C19H22N6O2/c1-23-9-14(7-20-23)10-25-12-17(25)13-27-18-5-3-16(4-6-18)22-19(26)15-8-21-24(2)11-15/h3-9,11,17H,10,12-13H2,1-2H3,(H,22,26). The van der Waals surface area contributed by atoms with Crippen molar-refractivity contribution in [1.82, 2.24) is 24.5 Å². The predicted octanol–water partition coefficient (Wildman–Crippen LogP) is 1.67. The Morgan fingerprint density at radius 2 is 1.89 bits per heavy atom. The predicted molar refractivity (Wildman–Crippen MR) is 101 cm³/mol. The van der Waals surface area contributed by atoms with E-state index in [2.05, 4.69) is 20.4 Å². The normalized spacial score (nSPS) is 18.3. The summed E-state index contributed by atoms with van der Waals surface area (Å²) in [4.78, 5) is 14.5. The fourth-order valence-corrected chi connectivity index (χ4v) is 2.93. The van der Waals surface area contributed by atoms with Crippen molar-refractivity contribution in [3.05, 3.63) is 60.2 Å². The highest BCUT2D eigenvalue weighted by atomic mass is 16.5. The van der Waals surface area contributed by atoms with Gasteiger partial charge in [-0.3, -0.25) is 19.1 Å². The lowest BCUT2D eigenvalue weighted by Gasteiger charge is -2.08. The van der Waals surface area contributed by atoms with E-state index in [-0.39, 0.29) is 5.91 Å². The van der Waals surface area contributed by atoms with Crippen molar-refractivity contribution in [1.29, 1.82) is 0 Å². The van der Waals surface area contributed by atoms with E-state index in [0.717, 1.165) is 24.5 Å². The van der Waals surface area contributed by atoms with Gasteiger partial charge in [-0.05, 0) is 24.3 Å². The number of hydrogen-bond donors (Lipinski definition) is 1. The Kier molecular flexibility index (Phi) is 4.64. The van der Waals surface area contributed by atoms with Crippen molar-refractivity contribution in [3.63, 3.8) is 0 Å². The van der Waals surface area contributed by atoms with Gasteiger partial charge in [0.25, 0.3) is 5.91 Å². The number of aromatic nitrogens is 4. The van der Waals surface area contributed by atoms with Gasteiger partial charge in [0.05, 0.1) is 24.0 Å². The van der Waals surface area contributed by atoms with Crippen LogP contribution in [0, 0.1) is 0 Å². The molecule has 4 rings (SSSR count). The summed E-state index contributed by atoms with van der Waals surface area (Å²) in [6.07, 6.45) is 7.16. The Hall–Kier alpha value is -3.13. The zero-order valence-electron chi connectivity index (χ0n) is 15.4. The molecule has 3 aromatic rings. The molecule has 2 atom stereocenters. The zero-order chi connectivity index (χ0) is 18.8. The summed E-state index contributed by atoms with van der Waals surface area (Å²) in [6.45, 7) is 2.59. The molecule has 1 saturated heterocycles. The second kappa shape index (κ2) is 7.24. The van der Waals surface area contributed by atoms with Crippen molar-refractivity contribution in [2.75, 3.05) is 18.5 Å². The number of rotatable bonds is 7. The third-order valence-electron chi connectivity index (χ3n) is 4.49. The number of ether oxygens (including phenoxy) is 1. The smallest absolute Gasteiger partial charge is 0.258 e. The Balaban J connectivity index is 1.23. The van der Waals surface area contributed by atoms with Crippen LogP contribution in [0.4, 0.5) is 5.69 Å². The third kappa shape index (κ3) is 4.35. The second-order valence-corrected chi connectivity index (χ2v) is 6.80. The fraction of sp³-hybridized carbons (Fsp3) is 0.316. The van der Waals surface area contributed by atoms with Crippen LogP contribution in [0.2, 0.25) is 0 Å². The Morgan fingerprint density at radius 3 is 2.56 bits per heavy atom. The van der Waals surface area contributed by atoms with Crippen LogP contribution < -0.4 is 10.1 Å². The average molecular weight is 366 g/mol. The van der Waals surface area contributed by atoms with Crippen LogP contribution in [0.25, 0.3) is 0 Å². The van der Waals surface area contributed by atoms with E-state index < -0.39 is 0 Å². The van der Waals surface area contributed by atoms with Gasteiger partial charge in [0, 0.05) is 50.8 Å². The zero-order valence-corrected chi connectivity index (χ0v) is 15.4. The number of nitrogens with one attached hydrogen (secondary N) is 1. The molecule has 2 aromatic heterocycles. The highest BCUT2D eigenvalue weighted by molar-refractivity contribution is 6.03. The van der Waals surface area contributed by atoms with Gasteiger partial charge < -0.3 is 10.1 Å². The Morgan fingerprint density at radius 1 is 1.15 bits per heavy atom. The number of hydrogen-bond acceptors (Lipinski definition) is 5. The van der Waals surface area contributed by atoms with Crippen LogP contribution in [0.5, 0.6) is 5.75 Å². The topological polar surface area (TPSA) is 77.0 Å². The number of amides is 1. The number of anilines is 1. The number of nitrogens with zero attached hydrogens (tertiary/aromatic N) is 5. The Labute approximate surface area is 157 Å². The van der Waals surface area contributed by atoms with Crippen LogP contribution in [0.3, 0.4) is 0 Å². The molecule has 0 bridgehead atoms. The van der Waals surface area contributed by atoms with Gasteiger partial charge >= 0.3 is 0 Å². The molecule has 1 amide bonds. The number of carbonyl (C=O) groups is 1. The first-order valence-electron chi connectivity index (χ1n) is 8.81. The molecule has 0 saturated carbocycles. The molecule has 1 aliphatic rings. The van der Waals surface area contributed by atoms with Crippen molar-refractivity contribution in [2.45, 2.75) is 12.6 Å². The summed E-state index contributed by atoms with van der Waals surface area (Å²) in [6, 6.07) is 7.85. The molecule has 8 heteroatoms. The lowest BCUT2D eigenvalue weighted by atomic mass is 10.2. The molecular weight excluding hydrogens is 344 g/mol. The van der Waals surface area contributed by atoms with Crippen molar-refractivity contribution >= 4 is 11.6 Å². The van der Waals surface area contributed by atoms with Gasteiger partial charge in [-0.2, -0.15) is 10.2 Å². The molecule has 27 heavy (non-hydrogen) atoms. The monoisotopic (exact) mass is 366 g/mol. The maximum Gasteiger partial charge on any atom is 0.258 e. The van der Waals surface area contributed by atoms with Gasteiger partial charge in [0.2, 0.25) is 0 Å². The van der Waals surface area contributed by atoms with Crippen LogP contribution in [-0.2, 0) is 20.6 Å². The maximum absolute atomic E-state index is 12.1. The third-order valence-corrected chi connectivity index (χ3v) is 4.49. The SMILES string of the molecule is Cn1cc(CN2CC2COc2ccc(NC(=O)c3cnn(C)c3)cc2)cn1. The summed E-state index contributed by atoms with van der Waals surface area (Å²) < 4.78 is 9.28. The van der Waals surface area contributed by atoms with Crippen LogP contribution >= 0.6 is 0 Å². The molecule has 0 radical (unpaired) electrons. The molecule has 8 nitrogen and oxygen atoms in total. The van der Waals surface area contributed by atoms with Crippen LogP contribution in [-0.4, -0.2) is 49.6 Å². The summed E-state index contributed by atoms with van der Waals surface area (Å²) in [5.41, 5.74) is 2.47. The lowest BCUT2D eigenvalue weighted by Crippen LogP contribution is -2.12.